The van der Waals surface area contributed by atoms with E-state index in [4.69, 9.17) is 4.98 Å². The zero-order chi connectivity index (χ0) is 21.5. The van der Waals surface area contributed by atoms with Crippen molar-refractivity contribution in [2.45, 2.75) is 6.92 Å². The van der Waals surface area contributed by atoms with Crippen molar-refractivity contribution in [1.29, 1.82) is 0 Å². The molecule has 32 heavy (non-hydrogen) atoms. The summed E-state index contributed by atoms with van der Waals surface area (Å²) in [5, 5.41) is 2.44. The van der Waals surface area contributed by atoms with Crippen LogP contribution in [0.1, 0.15) is 5.82 Å². The van der Waals surface area contributed by atoms with Gasteiger partial charge in [0.2, 0.25) is 0 Å². The summed E-state index contributed by atoms with van der Waals surface area (Å²) < 4.78 is 2.31. The van der Waals surface area contributed by atoms with Gasteiger partial charge in [0, 0.05) is 27.6 Å². The van der Waals surface area contributed by atoms with Gasteiger partial charge in [-0.25, -0.2) is 15.0 Å². The van der Waals surface area contributed by atoms with Crippen molar-refractivity contribution in [1.82, 2.24) is 19.5 Å². The summed E-state index contributed by atoms with van der Waals surface area (Å²) in [6.45, 7) is 1.91. The van der Waals surface area contributed by atoms with Gasteiger partial charge in [0.05, 0.1) is 11.0 Å². The highest BCUT2D eigenvalue weighted by Crippen LogP contribution is 2.34. The summed E-state index contributed by atoms with van der Waals surface area (Å²) in [4.78, 5) is 14.0. The first-order valence-corrected chi connectivity index (χ1v) is 10.6. The number of hydrogen-bond acceptors (Lipinski definition) is 3. The van der Waals surface area contributed by atoms with Gasteiger partial charge >= 0.3 is 0 Å². The Morgan fingerprint density at radius 1 is 0.531 bits per heavy atom. The molecule has 0 spiro atoms. The van der Waals surface area contributed by atoms with Crippen LogP contribution in [0.3, 0.4) is 0 Å². The molecule has 0 N–H and O–H groups in total. The number of rotatable bonds is 3. The van der Waals surface area contributed by atoms with E-state index < -0.39 is 0 Å². The van der Waals surface area contributed by atoms with Crippen LogP contribution < -0.4 is 0 Å². The van der Waals surface area contributed by atoms with Crippen molar-refractivity contribution in [2.75, 3.05) is 0 Å². The van der Waals surface area contributed by atoms with E-state index in [1.807, 2.05) is 43.3 Å². The molecule has 0 amide bonds. The number of benzene rings is 4. The number of aryl methyl sites for hydroxylation is 1. The Morgan fingerprint density at radius 2 is 1.16 bits per heavy atom. The first kappa shape index (κ1) is 18.5. The zero-order valence-corrected chi connectivity index (χ0v) is 17.6. The number of fused-ring (bicyclic) bond motifs is 3. The maximum absolute atomic E-state index is 4.81. The van der Waals surface area contributed by atoms with Crippen molar-refractivity contribution in [3.63, 3.8) is 0 Å². The summed E-state index contributed by atoms with van der Waals surface area (Å²) >= 11 is 0. The van der Waals surface area contributed by atoms with E-state index in [1.165, 1.54) is 16.3 Å². The number of nitrogens with zero attached hydrogens (tertiary/aromatic N) is 4. The van der Waals surface area contributed by atoms with Crippen LogP contribution >= 0.6 is 0 Å². The van der Waals surface area contributed by atoms with Crippen LogP contribution in [0.5, 0.6) is 0 Å². The van der Waals surface area contributed by atoms with E-state index in [0.717, 1.165) is 22.3 Å². The highest BCUT2D eigenvalue weighted by Gasteiger charge is 2.14. The quantitative estimate of drug-likeness (QED) is 0.328. The first-order chi connectivity index (χ1) is 15.8. The Hall–Kier alpha value is -4.31. The fourth-order valence-corrected chi connectivity index (χ4v) is 4.29. The van der Waals surface area contributed by atoms with E-state index in [9.17, 15) is 0 Å². The summed E-state index contributed by atoms with van der Waals surface area (Å²) in [7, 11) is 0. The molecular formula is C28H20N4. The van der Waals surface area contributed by atoms with Gasteiger partial charge in [-0.2, -0.15) is 0 Å². The van der Waals surface area contributed by atoms with Gasteiger partial charge in [-0.15, -0.1) is 0 Å². The Balaban J connectivity index is 1.60. The van der Waals surface area contributed by atoms with Crippen LogP contribution in [0.15, 0.2) is 103 Å². The largest absolute Gasteiger partial charge is 0.309 e. The smallest absolute Gasteiger partial charge is 0.163 e. The molecule has 0 radical (unpaired) electrons. The molecule has 0 bridgehead atoms. The fraction of sp³-hybridized carbons (Fsp3) is 0.0357. The third-order valence-corrected chi connectivity index (χ3v) is 5.73. The zero-order valence-electron chi connectivity index (χ0n) is 17.6. The molecule has 2 aromatic heterocycles. The molecule has 2 heterocycles. The van der Waals surface area contributed by atoms with Crippen molar-refractivity contribution >= 4 is 21.8 Å². The lowest BCUT2D eigenvalue weighted by molar-refractivity contribution is 0.992. The van der Waals surface area contributed by atoms with Gasteiger partial charge in [0.15, 0.2) is 11.6 Å². The molecular weight excluding hydrogens is 392 g/mol. The molecule has 0 unspecified atom stereocenters. The first-order valence-electron chi connectivity index (χ1n) is 10.6. The fourth-order valence-electron chi connectivity index (χ4n) is 4.29. The maximum Gasteiger partial charge on any atom is 0.163 e. The van der Waals surface area contributed by atoms with E-state index in [2.05, 4.69) is 81.3 Å². The summed E-state index contributed by atoms with van der Waals surface area (Å²) in [5.41, 5.74) is 5.41. The lowest BCUT2D eigenvalue weighted by atomic mass is 10.1. The van der Waals surface area contributed by atoms with Crippen molar-refractivity contribution in [3.05, 3.63) is 109 Å². The second-order valence-electron chi connectivity index (χ2n) is 7.82. The Kier molecular flexibility index (Phi) is 4.29. The van der Waals surface area contributed by atoms with Crippen LogP contribution in [0.2, 0.25) is 0 Å². The molecule has 152 valence electrons. The monoisotopic (exact) mass is 412 g/mol. The molecule has 0 atom stereocenters. The molecule has 4 aromatic carbocycles. The van der Waals surface area contributed by atoms with Crippen LogP contribution in [0, 0.1) is 6.92 Å². The lowest BCUT2D eigenvalue weighted by Gasteiger charge is -2.09. The highest BCUT2D eigenvalue weighted by atomic mass is 15.0. The minimum Gasteiger partial charge on any atom is -0.309 e. The molecule has 6 aromatic rings. The SMILES string of the molecule is Cc1nc(-c2ccccc2)nc(-c2ccc3c4ccccc4n(-c4ccccc4)c3c2)n1. The van der Waals surface area contributed by atoms with Crippen molar-refractivity contribution in [3.8, 4) is 28.5 Å². The van der Waals surface area contributed by atoms with Gasteiger partial charge < -0.3 is 4.57 Å². The number of aromatic nitrogens is 4. The lowest BCUT2D eigenvalue weighted by Crippen LogP contribution is -2.00. The third kappa shape index (κ3) is 3.05. The minimum atomic E-state index is 0.683. The molecule has 0 fully saturated rings. The standard InChI is InChI=1S/C28H20N4/c1-19-29-27(20-10-4-2-5-11-20)31-28(30-19)21-16-17-24-23-14-8-9-15-25(23)32(26(24)18-21)22-12-6-3-7-13-22/h2-18H,1H3. The van der Waals surface area contributed by atoms with E-state index in [-0.39, 0.29) is 0 Å². The highest BCUT2D eigenvalue weighted by molar-refractivity contribution is 6.10. The molecule has 0 saturated carbocycles. The average molecular weight is 412 g/mol. The Morgan fingerprint density at radius 3 is 1.94 bits per heavy atom. The van der Waals surface area contributed by atoms with E-state index >= 15 is 0 Å². The predicted octanol–water partition coefficient (Wildman–Crippen LogP) is 6.61. The van der Waals surface area contributed by atoms with Gasteiger partial charge in [-0.1, -0.05) is 78.9 Å². The second kappa shape index (κ2) is 7.43. The molecule has 0 aliphatic rings. The molecule has 0 saturated heterocycles. The summed E-state index contributed by atoms with van der Waals surface area (Å²) in [6, 6.07) is 35.5. The van der Waals surface area contributed by atoms with Crippen LogP contribution in [-0.2, 0) is 0 Å². The van der Waals surface area contributed by atoms with Gasteiger partial charge in [-0.3, -0.25) is 0 Å². The summed E-state index contributed by atoms with van der Waals surface area (Å²) in [5.74, 6) is 2.08. The third-order valence-electron chi connectivity index (χ3n) is 5.73. The van der Waals surface area contributed by atoms with Crippen LogP contribution in [-0.4, -0.2) is 19.5 Å². The van der Waals surface area contributed by atoms with Crippen molar-refractivity contribution in [2.24, 2.45) is 0 Å². The predicted molar refractivity (Wildman–Crippen MR) is 130 cm³/mol. The maximum atomic E-state index is 4.81. The molecule has 6 rings (SSSR count). The average Bonchev–Trinajstić information content (AvgIpc) is 3.18. The van der Waals surface area contributed by atoms with E-state index in [1.54, 1.807) is 0 Å². The normalized spacial score (nSPS) is 11.3. The van der Waals surface area contributed by atoms with Crippen molar-refractivity contribution < 1.29 is 0 Å². The van der Waals surface area contributed by atoms with Crippen LogP contribution in [0.4, 0.5) is 0 Å². The molecule has 4 nitrogen and oxygen atoms in total. The van der Waals surface area contributed by atoms with Gasteiger partial charge in [0.1, 0.15) is 5.82 Å². The van der Waals surface area contributed by atoms with E-state index in [0.29, 0.717) is 17.5 Å². The number of hydrogen-bond donors (Lipinski definition) is 0. The topological polar surface area (TPSA) is 43.6 Å². The van der Waals surface area contributed by atoms with Gasteiger partial charge in [-0.05, 0) is 31.2 Å². The Labute approximate surface area is 185 Å². The Bertz CT molecular complexity index is 1570. The molecule has 0 aliphatic carbocycles. The number of para-hydroxylation sites is 2. The molecule has 4 heteroatoms. The molecule has 0 aliphatic heterocycles. The second-order valence-corrected chi connectivity index (χ2v) is 7.82. The summed E-state index contributed by atoms with van der Waals surface area (Å²) in [6.07, 6.45) is 0. The van der Waals surface area contributed by atoms with Gasteiger partial charge in [0.25, 0.3) is 0 Å². The minimum absolute atomic E-state index is 0.683. The van der Waals surface area contributed by atoms with Crippen LogP contribution in [0.25, 0.3) is 50.3 Å².